The van der Waals surface area contributed by atoms with Crippen molar-refractivity contribution in [3.8, 4) is 0 Å². The molecule has 0 heterocycles. The zero-order valence-electron chi connectivity index (χ0n) is 7.69. The SMILES string of the molecule is OCCCCC=Nc1ccccc1. The number of nitrogens with zero attached hydrogens (tertiary/aromatic N) is 1. The summed E-state index contributed by atoms with van der Waals surface area (Å²) in [6.07, 6.45) is 4.72. The minimum absolute atomic E-state index is 0.277. The Balaban J connectivity index is 2.25. The quantitative estimate of drug-likeness (QED) is 0.544. The van der Waals surface area contributed by atoms with Crippen LogP contribution in [-0.4, -0.2) is 17.9 Å². The number of benzene rings is 1. The number of hydrogen-bond acceptors (Lipinski definition) is 2. The van der Waals surface area contributed by atoms with E-state index in [1.165, 1.54) is 0 Å². The van der Waals surface area contributed by atoms with Gasteiger partial charge in [-0.1, -0.05) is 18.2 Å². The Kier molecular flexibility index (Phi) is 4.87. The number of unbranched alkanes of at least 4 members (excludes halogenated alkanes) is 2. The third-order valence-electron chi connectivity index (χ3n) is 1.74. The largest absolute Gasteiger partial charge is 0.396 e. The number of aliphatic imine (C=N–C) groups is 1. The van der Waals surface area contributed by atoms with Crippen LogP contribution in [0.5, 0.6) is 0 Å². The summed E-state index contributed by atoms with van der Waals surface area (Å²) in [5, 5.41) is 8.54. The van der Waals surface area contributed by atoms with Gasteiger partial charge in [0.15, 0.2) is 0 Å². The first-order valence-electron chi connectivity index (χ1n) is 4.62. The first kappa shape index (κ1) is 9.93. The summed E-state index contributed by atoms with van der Waals surface area (Å²) in [5.41, 5.74) is 0.992. The first-order chi connectivity index (χ1) is 6.43. The van der Waals surface area contributed by atoms with Gasteiger partial charge >= 0.3 is 0 Å². The van der Waals surface area contributed by atoms with Crippen molar-refractivity contribution in [3.05, 3.63) is 30.3 Å². The molecule has 0 aliphatic carbocycles. The molecule has 0 unspecified atom stereocenters. The Labute approximate surface area is 78.9 Å². The molecule has 0 aliphatic heterocycles. The third kappa shape index (κ3) is 4.43. The van der Waals surface area contributed by atoms with E-state index in [2.05, 4.69) is 4.99 Å². The molecule has 0 radical (unpaired) electrons. The van der Waals surface area contributed by atoms with Crippen LogP contribution in [0.3, 0.4) is 0 Å². The molecule has 2 heteroatoms. The summed E-state index contributed by atoms with van der Waals surface area (Å²) < 4.78 is 0. The molecule has 2 nitrogen and oxygen atoms in total. The average Bonchev–Trinajstić information content (AvgIpc) is 2.19. The van der Waals surface area contributed by atoms with Crippen molar-refractivity contribution < 1.29 is 5.11 Å². The second kappa shape index (κ2) is 6.38. The summed E-state index contributed by atoms with van der Waals surface area (Å²) in [5.74, 6) is 0. The van der Waals surface area contributed by atoms with Crippen molar-refractivity contribution in [2.45, 2.75) is 19.3 Å². The minimum Gasteiger partial charge on any atom is -0.396 e. The predicted molar refractivity (Wildman–Crippen MR) is 55.5 cm³/mol. The Morgan fingerprint density at radius 3 is 2.62 bits per heavy atom. The monoisotopic (exact) mass is 177 g/mol. The molecular weight excluding hydrogens is 162 g/mol. The zero-order chi connectivity index (χ0) is 9.36. The van der Waals surface area contributed by atoms with Crippen LogP contribution in [0.1, 0.15) is 19.3 Å². The number of para-hydroxylation sites is 1. The van der Waals surface area contributed by atoms with Gasteiger partial charge in [-0.25, -0.2) is 0 Å². The van der Waals surface area contributed by atoms with Crippen molar-refractivity contribution in [2.75, 3.05) is 6.61 Å². The van der Waals surface area contributed by atoms with E-state index in [-0.39, 0.29) is 6.61 Å². The van der Waals surface area contributed by atoms with Crippen LogP contribution in [0.4, 0.5) is 5.69 Å². The highest BCUT2D eigenvalue weighted by Crippen LogP contribution is 2.08. The predicted octanol–water partition coefficient (Wildman–Crippen LogP) is 2.55. The summed E-state index contributed by atoms with van der Waals surface area (Å²) in [7, 11) is 0. The van der Waals surface area contributed by atoms with Gasteiger partial charge in [0.2, 0.25) is 0 Å². The smallest absolute Gasteiger partial charge is 0.0625 e. The number of aliphatic hydroxyl groups excluding tert-OH is 1. The van der Waals surface area contributed by atoms with Crippen LogP contribution < -0.4 is 0 Å². The fourth-order valence-corrected chi connectivity index (χ4v) is 1.03. The topological polar surface area (TPSA) is 32.6 Å². The lowest BCUT2D eigenvalue weighted by molar-refractivity contribution is 0.286. The molecule has 1 aromatic carbocycles. The van der Waals surface area contributed by atoms with E-state index in [9.17, 15) is 0 Å². The maximum Gasteiger partial charge on any atom is 0.0625 e. The fourth-order valence-electron chi connectivity index (χ4n) is 1.03. The number of aliphatic hydroxyl groups is 1. The zero-order valence-corrected chi connectivity index (χ0v) is 7.69. The van der Waals surface area contributed by atoms with Crippen molar-refractivity contribution in [2.24, 2.45) is 4.99 Å². The highest BCUT2D eigenvalue weighted by atomic mass is 16.2. The molecule has 1 aromatic rings. The Morgan fingerprint density at radius 1 is 1.15 bits per heavy atom. The van der Waals surface area contributed by atoms with Crippen molar-refractivity contribution >= 4 is 11.9 Å². The molecule has 0 bridgehead atoms. The molecule has 0 saturated carbocycles. The van der Waals surface area contributed by atoms with Crippen LogP contribution in [0.25, 0.3) is 0 Å². The lowest BCUT2D eigenvalue weighted by atomic mass is 10.2. The van der Waals surface area contributed by atoms with Gasteiger partial charge < -0.3 is 5.11 Å². The summed E-state index contributed by atoms with van der Waals surface area (Å²) in [6.45, 7) is 0.277. The highest BCUT2D eigenvalue weighted by Gasteiger charge is 1.84. The van der Waals surface area contributed by atoms with Gasteiger partial charge in [0.25, 0.3) is 0 Å². The van der Waals surface area contributed by atoms with Crippen LogP contribution >= 0.6 is 0 Å². The van der Waals surface area contributed by atoms with Crippen molar-refractivity contribution in [1.29, 1.82) is 0 Å². The Bertz CT molecular complexity index is 244. The van der Waals surface area contributed by atoms with E-state index in [0.717, 1.165) is 24.9 Å². The lowest BCUT2D eigenvalue weighted by Crippen LogP contribution is -1.82. The Morgan fingerprint density at radius 2 is 1.92 bits per heavy atom. The third-order valence-corrected chi connectivity index (χ3v) is 1.74. The second-order valence-electron chi connectivity index (χ2n) is 2.87. The van der Waals surface area contributed by atoms with E-state index in [1.54, 1.807) is 0 Å². The fraction of sp³-hybridized carbons (Fsp3) is 0.364. The van der Waals surface area contributed by atoms with E-state index in [0.29, 0.717) is 0 Å². The Hall–Kier alpha value is -1.15. The van der Waals surface area contributed by atoms with Crippen LogP contribution in [0, 0.1) is 0 Å². The number of rotatable bonds is 5. The maximum absolute atomic E-state index is 8.54. The van der Waals surface area contributed by atoms with Crippen LogP contribution in [-0.2, 0) is 0 Å². The molecule has 70 valence electrons. The lowest BCUT2D eigenvalue weighted by Gasteiger charge is -1.92. The van der Waals surface area contributed by atoms with E-state index < -0.39 is 0 Å². The minimum atomic E-state index is 0.277. The maximum atomic E-state index is 8.54. The molecule has 0 amide bonds. The highest BCUT2D eigenvalue weighted by molar-refractivity contribution is 5.62. The van der Waals surface area contributed by atoms with E-state index in [1.807, 2.05) is 36.5 Å². The standard InChI is InChI=1S/C11H15NO/c13-10-6-2-5-9-12-11-7-3-1-4-8-11/h1,3-4,7-9,13H,2,5-6,10H2. The van der Waals surface area contributed by atoms with Gasteiger partial charge in [-0.05, 0) is 31.4 Å². The molecule has 1 N–H and O–H groups in total. The summed E-state index contributed by atoms with van der Waals surface area (Å²) in [4.78, 5) is 4.27. The van der Waals surface area contributed by atoms with Crippen LogP contribution in [0.15, 0.2) is 35.3 Å². The van der Waals surface area contributed by atoms with Gasteiger partial charge in [0.05, 0.1) is 5.69 Å². The van der Waals surface area contributed by atoms with Gasteiger partial charge in [0.1, 0.15) is 0 Å². The van der Waals surface area contributed by atoms with Gasteiger partial charge in [0, 0.05) is 12.8 Å². The molecular formula is C11H15NO. The van der Waals surface area contributed by atoms with Gasteiger partial charge in [-0.3, -0.25) is 4.99 Å². The molecule has 0 aliphatic rings. The average molecular weight is 177 g/mol. The van der Waals surface area contributed by atoms with Crippen LogP contribution in [0.2, 0.25) is 0 Å². The van der Waals surface area contributed by atoms with Crippen molar-refractivity contribution in [3.63, 3.8) is 0 Å². The molecule has 0 spiro atoms. The van der Waals surface area contributed by atoms with Gasteiger partial charge in [-0.15, -0.1) is 0 Å². The summed E-state index contributed by atoms with van der Waals surface area (Å²) >= 11 is 0. The molecule has 0 saturated heterocycles. The first-order valence-corrected chi connectivity index (χ1v) is 4.62. The molecule has 0 atom stereocenters. The van der Waals surface area contributed by atoms with Crippen molar-refractivity contribution in [1.82, 2.24) is 0 Å². The molecule has 13 heavy (non-hydrogen) atoms. The van der Waals surface area contributed by atoms with E-state index in [4.69, 9.17) is 5.11 Å². The molecule has 1 rings (SSSR count). The second-order valence-corrected chi connectivity index (χ2v) is 2.87. The number of hydrogen-bond donors (Lipinski definition) is 1. The normalized spacial score (nSPS) is 10.8. The molecule has 0 fully saturated rings. The summed E-state index contributed by atoms with van der Waals surface area (Å²) in [6, 6.07) is 9.87. The van der Waals surface area contributed by atoms with E-state index >= 15 is 0 Å². The molecule has 0 aromatic heterocycles. The van der Waals surface area contributed by atoms with Gasteiger partial charge in [-0.2, -0.15) is 0 Å².